The third-order valence-electron chi connectivity index (χ3n) is 5.67. The van der Waals surface area contributed by atoms with E-state index in [9.17, 15) is 0 Å². The molecule has 0 saturated heterocycles. The van der Waals surface area contributed by atoms with Crippen LogP contribution in [-0.4, -0.2) is 17.8 Å². The number of methoxy groups -OCH3 is 1. The molecule has 2 heterocycles. The van der Waals surface area contributed by atoms with E-state index < -0.39 is 5.72 Å². The number of rotatable bonds is 3. The molecule has 28 heavy (non-hydrogen) atoms. The van der Waals surface area contributed by atoms with E-state index in [2.05, 4.69) is 54.4 Å². The molecule has 0 N–H and O–H groups in total. The van der Waals surface area contributed by atoms with Gasteiger partial charge in [0.05, 0.1) is 18.9 Å². The number of para-hydroxylation sites is 1. The molecule has 2 unspecified atom stereocenters. The van der Waals surface area contributed by atoms with Crippen molar-refractivity contribution < 1.29 is 9.47 Å². The standard InChI is InChI=1S/C24H22N2O2/c1-24(18-8-4-3-5-9-18)26-22(20-10-6-7-11-23(20)28-24)16-21(25-26)17-12-14-19(27-2)15-13-17/h3-15,22H,16H2,1-2H3. The molecule has 0 saturated carbocycles. The number of hydrogen-bond donors (Lipinski definition) is 0. The highest BCUT2D eigenvalue weighted by molar-refractivity contribution is 6.02. The molecule has 0 spiro atoms. The summed E-state index contributed by atoms with van der Waals surface area (Å²) in [5.74, 6) is 1.78. The summed E-state index contributed by atoms with van der Waals surface area (Å²) < 4.78 is 11.8. The molecule has 0 bridgehead atoms. The average molecular weight is 370 g/mol. The van der Waals surface area contributed by atoms with Crippen LogP contribution < -0.4 is 9.47 Å². The summed E-state index contributed by atoms with van der Waals surface area (Å²) in [6, 6.07) is 26.9. The van der Waals surface area contributed by atoms with Crippen LogP contribution in [0.15, 0.2) is 84.0 Å². The van der Waals surface area contributed by atoms with Crippen molar-refractivity contribution in [3.63, 3.8) is 0 Å². The summed E-state index contributed by atoms with van der Waals surface area (Å²) in [6.45, 7) is 2.10. The Morgan fingerprint density at radius 3 is 2.43 bits per heavy atom. The van der Waals surface area contributed by atoms with Gasteiger partial charge in [0.2, 0.25) is 5.72 Å². The van der Waals surface area contributed by atoms with E-state index in [1.165, 1.54) is 5.56 Å². The van der Waals surface area contributed by atoms with E-state index >= 15 is 0 Å². The van der Waals surface area contributed by atoms with Crippen molar-refractivity contribution in [3.05, 3.63) is 95.6 Å². The van der Waals surface area contributed by atoms with Gasteiger partial charge in [0.15, 0.2) is 0 Å². The van der Waals surface area contributed by atoms with Crippen LogP contribution in [0.5, 0.6) is 11.5 Å². The molecule has 2 aliphatic rings. The fraction of sp³-hybridized carbons (Fsp3) is 0.208. The summed E-state index contributed by atoms with van der Waals surface area (Å²) in [7, 11) is 1.68. The van der Waals surface area contributed by atoms with E-state index in [0.717, 1.165) is 34.8 Å². The zero-order valence-corrected chi connectivity index (χ0v) is 16.0. The Morgan fingerprint density at radius 1 is 0.964 bits per heavy atom. The van der Waals surface area contributed by atoms with Crippen molar-refractivity contribution in [1.82, 2.24) is 5.01 Å². The zero-order valence-electron chi connectivity index (χ0n) is 16.0. The predicted molar refractivity (Wildman–Crippen MR) is 110 cm³/mol. The lowest BCUT2D eigenvalue weighted by molar-refractivity contribution is -0.112. The monoisotopic (exact) mass is 370 g/mol. The lowest BCUT2D eigenvalue weighted by atomic mass is 9.92. The highest BCUT2D eigenvalue weighted by atomic mass is 16.5. The highest BCUT2D eigenvalue weighted by Crippen LogP contribution is 2.50. The lowest BCUT2D eigenvalue weighted by Crippen LogP contribution is -2.48. The molecule has 3 aromatic carbocycles. The smallest absolute Gasteiger partial charge is 0.221 e. The minimum Gasteiger partial charge on any atom is -0.497 e. The van der Waals surface area contributed by atoms with Gasteiger partial charge in [-0.1, -0.05) is 48.5 Å². The molecular weight excluding hydrogens is 348 g/mol. The van der Waals surface area contributed by atoms with E-state index in [4.69, 9.17) is 14.6 Å². The van der Waals surface area contributed by atoms with Crippen molar-refractivity contribution in [1.29, 1.82) is 0 Å². The fourth-order valence-corrected chi connectivity index (χ4v) is 4.15. The molecule has 3 aromatic rings. The van der Waals surface area contributed by atoms with Gasteiger partial charge in [-0.25, -0.2) is 5.01 Å². The maximum Gasteiger partial charge on any atom is 0.221 e. The van der Waals surface area contributed by atoms with Crippen molar-refractivity contribution in [2.24, 2.45) is 5.10 Å². The van der Waals surface area contributed by atoms with Gasteiger partial charge in [0, 0.05) is 24.5 Å². The minimum atomic E-state index is -0.658. The fourth-order valence-electron chi connectivity index (χ4n) is 4.15. The summed E-state index contributed by atoms with van der Waals surface area (Å²) >= 11 is 0. The maximum absolute atomic E-state index is 6.54. The first-order chi connectivity index (χ1) is 13.7. The van der Waals surface area contributed by atoms with Gasteiger partial charge >= 0.3 is 0 Å². The van der Waals surface area contributed by atoms with Crippen LogP contribution >= 0.6 is 0 Å². The zero-order chi connectivity index (χ0) is 19.1. The predicted octanol–water partition coefficient (Wildman–Crippen LogP) is 5.11. The third kappa shape index (κ3) is 2.56. The largest absolute Gasteiger partial charge is 0.497 e. The van der Waals surface area contributed by atoms with Crippen LogP contribution in [0.2, 0.25) is 0 Å². The molecule has 0 amide bonds. The highest BCUT2D eigenvalue weighted by Gasteiger charge is 2.48. The Morgan fingerprint density at radius 2 is 1.68 bits per heavy atom. The summed E-state index contributed by atoms with van der Waals surface area (Å²) in [6.07, 6.45) is 0.842. The van der Waals surface area contributed by atoms with Gasteiger partial charge in [-0.3, -0.25) is 0 Å². The minimum absolute atomic E-state index is 0.146. The molecular formula is C24H22N2O2. The first kappa shape index (κ1) is 16.9. The number of hydrogen-bond acceptors (Lipinski definition) is 4. The van der Waals surface area contributed by atoms with Crippen LogP contribution in [0, 0.1) is 0 Å². The van der Waals surface area contributed by atoms with Crippen molar-refractivity contribution in [2.45, 2.75) is 25.1 Å². The van der Waals surface area contributed by atoms with E-state index in [1.807, 2.05) is 36.4 Å². The summed E-state index contributed by atoms with van der Waals surface area (Å²) in [5.41, 5.74) is 3.80. The number of nitrogens with zero attached hydrogens (tertiary/aromatic N) is 2. The SMILES string of the molecule is COc1ccc(C2=NN3C(C2)c2ccccc2OC3(C)c2ccccc2)cc1. The van der Waals surface area contributed by atoms with Crippen LogP contribution in [0.3, 0.4) is 0 Å². The average Bonchev–Trinajstić information content (AvgIpc) is 3.21. The molecule has 4 heteroatoms. The lowest BCUT2D eigenvalue weighted by Gasteiger charge is -2.46. The Kier molecular flexibility index (Phi) is 3.86. The molecule has 0 aliphatic carbocycles. The molecule has 140 valence electrons. The Labute approximate surface area is 165 Å². The van der Waals surface area contributed by atoms with Crippen LogP contribution in [-0.2, 0) is 5.72 Å². The first-order valence-electron chi connectivity index (χ1n) is 9.54. The molecule has 0 fully saturated rings. The van der Waals surface area contributed by atoms with Crippen LogP contribution in [0.1, 0.15) is 36.1 Å². The van der Waals surface area contributed by atoms with Gasteiger partial charge in [-0.2, -0.15) is 5.10 Å². The Bertz CT molecular complexity index is 1030. The number of fused-ring (bicyclic) bond motifs is 3. The van der Waals surface area contributed by atoms with Crippen molar-refractivity contribution in [2.75, 3.05) is 7.11 Å². The summed E-state index contributed by atoms with van der Waals surface area (Å²) in [4.78, 5) is 0. The Hall–Kier alpha value is -3.27. The van der Waals surface area contributed by atoms with E-state index in [0.29, 0.717) is 0 Å². The third-order valence-corrected chi connectivity index (χ3v) is 5.67. The number of hydrazone groups is 1. The normalized spacial score (nSPS) is 22.7. The molecule has 5 rings (SSSR count). The van der Waals surface area contributed by atoms with Crippen molar-refractivity contribution in [3.8, 4) is 11.5 Å². The van der Waals surface area contributed by atoms with Crippen molar-refractivity contribution >= 4 is 5.71 Å². The number of benzene rings is 3. The first-order valence-corrected chi connectivity index (χ1v) is 9.54. The molecule has 0 radical (unpaired) electrons. The van der Waals surface area contributed by atoms with Gasteiger partial charge in [-0.05, 0) is 35.9 Å². The van der Waals surface area contributed by atoms with Gasteiger partial charge in [0.25, 0.3) is 0 Å². The Balaban J connectivity index is 1.61. The number of ether oxygens (including phenoxy) is 2. The quantitative estimate of drug-likeness (QED) is 0.642. The van der Waals surface area contributed by atoms with E-state index in [-0.39, 0.29) is 6.04 Å². The van der Waals surface area contributed by atoms with Gasteiger partial charge in [0.1, 0.15) is 11.5 Å². The topological polar surface area (TPSA) is 34.1 Å². The van der Waals surface area contributed by atoms with Gasteiger partial charge < -0.3 is 9.47 Å². The molecule has 2 atom stereocenters. The maximum atomic E-state index is 6.54. The summed E-state index contributed by atoms with van der Waals surface area (Å²) in [5, 5.41) is 7.18. The molecule has 4 nitrogen and oxygen atoms in total. The second kappa shape index (κ2) is 6.41. The second-order valence-electron chi connectivity index (χ2n) is 7.33. The van der Waals surface area contributed by atoms with Gasteiger partial charge in [-0.15, -0.1) is 0 Å². The second-order valence-corrected chi connectivity index (χ2v) is 7.33. The molecule has 2 aliphatic heterocycles. The van der Waals surface area contributed by atoms with Crippen LogP contribution in [0.25, 0.3) is 0 Å². The molecule has 0 aromatic heterocycles. The van der Waals surface area contributed by atoms with E-state index in [1.54, 1.807) is 7.11 Å². The van der Waals surface area contributed by atoms with Crippen LogP contribution in [0.4, 0.5) is 0 Å².